The van der Waals surface area contributed by atoms with Crippen molar-refractivity contribution in [3.05, 3.63) is 54.6 Å². The van der Waals surface area contributed by atoms with Gasteiger partial charge in [0.2, 0.25) is 0 Å². The third-order valence-electron chi connectivity index (χ3n) is 4.00. The molecule has 0 aliphatic rings. The van der Waals surface area contributed by atoms with Crippen molar-refractivity contribution < 1.29 is 19.1 Å². The molecule has 0 aliphatic heterocycles. The minimum Gasteiger partial charge on any atom is -0.495 e. The number of nitrogens with zero attached hydrogens (tertiary/aromatic N) is 3. The first-order valence-corrected chi connectivity index (χ1v) is 10.1. The van der Waals surface area contributed by atoms with E-state index < -0.39 is 5.97 Å². The molecule has 0 spiro atoms. The zero-order valence-electron chi connectivity index (χ0n) is 16.2. The number of ether oxygens (including phenoxy) is 2. The molecule has 0 amide bonds. The average Bonchev–Trinajstić information content (AvgIpc) is 3.16. The van der Waals surface area contributed by atoms with Crippen LogP contribution in [0.1, 0.15) is 13.3 Å². The summed E-state index contributed by atoms with van der Waals surface area (Å²) in [5.74, 6) is 0.624. The molecule has 1 aromatic heterocycles. The van der Waals surface area contributed by atoms with Gasteiger partial charge in [0.1, 0.15) is 12.2 Å². The summed E-state index contributed by atoms with van der Waals surface area (Å²) in [5.41, 5.74) is 1.65. The highest BCUT2D eigenvalue weighted by Gasteiger charge is 2.20. The first-order chi connectivity index (χ1) is 14.1. The smallest absolute Gasteiger partial charge is 0.313 e. The van der Waals surface area contributed by atoms with Crippen LogP contribution in [0.15, 0.2) is 59.8 Å². The topological polar surface area (TPSA) is 83.3 Å². The van der Waals surface area contributed by atoms with E-state index in [1.165, 1.54) is 11.8 Å². The number of hydrogen-bond donors (Lipinski definition) is 0. The molecule has 7 nitrogen and oxygen atoms in total. The van der Waals surface area contributed by atoms with E-state index in [0.29, 0.717) is 16.7 Å². The Kier molecular flexibility index (Phi) is 7.02. The first kappa shape index (κ1) is 20.6. The van der Waals surface area contributed by atoms with Crippen LogP contribution in [0.5, 0.6) is 5.75 Å². The van der Waals surface area contributed by atoms with Crippen molar-refractivity contribution in [2.75, 3.05) is 19.5 Å². The van der Waals surface area contributed by atoms with Crippen LogP contribution in [0.4, 0.5) is 0 Å². The van der Waals surface area contributed by atoms with E-state index >= 15 is 0 Å². The fourth-order valence-corrected chi connectivity index (χ4v) is 3.54. The second kappa shape index (κ2) is 9.88. The van der Waals surface area contributed by atoms with Gasteiger partial charge in [-0.05, 0) is 19.1 Å². The van der Waals surface area contributed by atoms with E-state index in [1.54, 1.807) is 14.0 Å². The van der Waals surface area contributed by atoms with Crippen LogP contribution < -0.4 is 4.74 Å². The summed E-state index contributed by atoms with van der Waals surface area (Å²) in [7, 11) is 1.60. The lowest BCUT2D eigenvalue weighted by atomic mass is 10.2. The molecule has 0 N–H and O–H groups in total. The van der Waals surface area contributed by atoms with E-state index in [0.717, 1.165) is 11.3 Å². The molecule has 0 saturated heterocycles. The molecule has 0 radical (unpaired) electrons. The number of benzene rings is 2. The Bertz CT molecular complexity index is 989. The monoisotopic (exact) mass is 411 g/mol. The standard InChI is InChI=1S/C21H21N3O4S/c1-3-28-19(26)13-16(25)14-29-21-23-22-20(15-9-5-4-6-10-15)24(21)17-11-7-8-12-18(17)27-2/h4-12H,3,13-14H2,1-2H3. The van der Waals surface area contributed by atoms with Gasteiger partial charge in [0.15, 0.2) is 16.8 Å². The van der Waals surface area contributed by atoms with E-state index in [2.05, 4.69) is 10.2 Å². The molecule has 2 aromatic carbocycles. The van der Waals surface area contributed by atoms with Crippen molar-refractivity contribution in [3.8, 4) is 22.8 Å². The third kappa shape index (κ3) is 5.03. The number of ketones is 1. The molecule has 0 unspecified atom stereocenters. The van der Waals surface area contributed by atoms with Crippen molar-refractivity contribution in [2.45, 2.75) is 18.5 Å². The summed E-state index contributed by atoms with van der Waals surface area (Å²) >= 11 is 1.22. The van der Waals surface area contributed by atoms with Gasteiger partial charge in [-0.25, -0.2) is 0 Å². The highest BCUT2D eigenvalue weighted by Crippen LogP contribution is 2.32. The van der Waals surface area contributed by atoms with Crippen LogP contribution in [-0.4, -0.2) is 46.0 Å². The fourth-order valence-electron chi connectivity index (χ4n) is 2.74. The number of para-hydroxylation sites is 2. The second-order valence-corrected chi connectivity index (χ2v) is 6.93. The Morgan fingerprint density at radius 3 is 2.48 bits per heavy atom. The zero-order chi connectivity index (χ0) is 20.6. The van der Waals surface area contributed by atoms with Gasteiger partial charge in [-0.15, -0.1) is 10.2 Å². The molecule has 0 saturated carbocycles. The van der Waals surface area contributed by atoms with Gasteiger partial charge in [-0.1, -0.05) is 54.2 Å². The lowest BCUT2D eigenvalue weighted by Gasteiger charge is -2.13. The maximum absolute atomic E-state index is 12.1. The fraction of sp³-hybridized carbons (Fsp3) is 0.238. The molecule has 150 valence electrons. The normalized spacial score (nSPS) is 10.6. The Hall–Kier alpha value is -3.13. The highest BCUT2D eigenvalue weighted by molar-refractivity contribution is 7.99. The van der Waals surface area contributed by atoms with Crippen LogP contribution >= 0.6 is 11.8 Å². The number of Topliss-reactive ketones (excluding diaryl/α,β-unsaturated/α-hetero) is 1. The molecule has 0 aliphatic carbocycles. The number of methoxy groups -OCH3 is 1. The maximum Gasteiger partial charge on any atom is 0.313 e. The summed E-state index contributed by atoms with van der Waals surface area (Å²) in [6.07, 6.45) is -0.255. The van der Waals surface area contributed by atoms with E-state index in [9.17, 15) is 9.59 Å². The van der Waals surface area contributed by atoms with Crippen LogP contribution in [-0.2, 0) is 14.3 Å². The van der Waals surface area contributed by atoms with Gasteiger partial charge in [-0.3, -0.25) is 14.2 Å². The number of carbonyl (C=O) groups excluding carboxylic acids is 2. The highest BCUT2D eigenvalue weighted by atomic mass is 32.2. The van der Waals surface area contributed by atoms with Crippen LogP contribution in [0.25, 0.3) is 17.1 Å². The van der Waals surface area contributed by atoms with Crippen molar-refractivity contribution in [2.24, 2.45) is 0 Å². The molecule has 3 aromatic rings. The summed E-state index contributed by atoms with van der Waals surface area (Å²) in [4.78, 5) is 23.7. The van der Waals surface area contributed by atoms with Crippen molar-refractivity contribution in [1.29, 1.82) is 0 Å². The quantitative estimate of drug-likeness (QED) is 0.302. The number of rotatable bonds is 9. The number of esters is 1. The first-order valence-electron chi connectivity index (χ1n) is 9.08. The van der Waals surface area contributed by atoms with Gasteiger partial charge in [0, 0.05) is 5.56 Å². The molecule has 0 fully saturated rings. The minimum absolute atomic E-state index is 0.0842. The Morgan fingerprint density at radius 1 is 1.03 bits per heavy atom. The average molecular weight is 411 g/mol. The second-order valence-electron chi connectivity index (χ2n) is 5.99. The number of thioether (sulfide) groups is 1. The van der Waals surface area contributed by atoms with Gasteiger partial charge in [-0.2, -0.15) is 0 Å². The van der Waals surface area contributed by atoms with Crippen molar-refractivity contribution >= 4 is 23.5 Å². The molecule has 0 bridgehead atoms. The number of hydrogen-bond acceptors (Lipinski definition) is 7. The molecule has 29 heavy (non-hydrogen) atoms. The molecule has 0 atom stereocenters. The molecular weight excluding hydrogens is 390 g/mol. The third-order valence-corrected chi connectivity index (χ3v) is 4.99. The number of carbonyl (C=O) groups is 2. The van der Waals surface area contributed by atoms with E-state index in [-0.39, 0.29) is 24.6 Å². The van der Waals surface area contributed by atoms with Crippen molar-refractivity contribution in [3.63, 3.8) is 0 Å². The molecule has 3 rings (SSSR count). The molecule has 8 heteroatoms. The zero-order valence-corrected chi connectivity index (χ0v) is 17.0. The van der Waals surface area contributed by atoms with Gasteiger partial charge >= 0.3 is 5.97 Å². The van der Waals surface area contributed by atoms with E-state index in [4.69, 9.17) is 9.47 Å². The predicted octanol–water partition coefficient (Wildman–Crippen LogP) is 3.56. The Labute approximate surface area is 173 Å². The number of aromatic nitrogens is 3. The minimum atomic E-state index is -0.519. The lowest BCUT2D eigenvalue weighted by Crippen LogP contribution is -2.13. The summed E-state index contributed by atoms with van der Waals surface area (Å²) in [6.45, 7) is 1.96. The largest absolute Gasteiger partial charge is 0.495 e. The van der Waals surface area contributed by atoms with E-state index in [1.807, 2.05) is 59.2 Å². The summed E-state index contributed by atoms with van der Waals surface area (Å²) in [5, 5.41) is 9.16. The van der Waals surface area contributed by atoms with Crippen LogP contribution in [0.3, 0.4) is 0 Å². The van der Waals surface area contributed by atoms with Gasteiger partial charge in [0.05, 0.1) is 25.2 Å². The molecule has 1 heterocycles. The Balaban J connectivity index is 1.93. The predicted molar refractivity (Wildman–Crippen MR) is 110 cm³/mol. The van der Waals surface area contributed by atoms with Gasteiger partial charge in [0.25, 0.3) is 0 Å². The van der Waals surface area contributed by atoms with Crippen LogP contribution in [0.2, 0.25) is 0 Å². The van der Waals surface area contributed by atoms with Crippen molar-refractivity contribution in [1.82, 2.24) is 14.8 Å². The molecular formula is C21H21N3O4S. The van der Waals surface area contributed by atoms with Gasteiger partial charge < -0.3 is 9.47 Å². The summed E-state index contributed by atoms with van der Waals surface area (Å²) < 4.78 is 12.2. The lowest BCUT2D eigenvalue weighted by molar-refractivity contribution is -0.145. The SMILES string of the molecule is CCOC(=O)CC(=O)CSc1nnc(-c2ccccc2)n1-c1ccccc1OC. The maximum atomic E-state index is 12.1. The summed E-state index contributed by atoms with van der Waals surface area (Å²) in [6, 6.07) is 17.2. The Morgan fingerprint density at radius 2 is 1.76 bits per heavy atom. The van der Waals surface area contributed by atoms with Crippen LogP contribution in [0, 0.1) is 0 Å².